The molecule has 0 aliphatic rings. The molecule has 0 saturated carbocycles. The Balaban J connectivity index is 2.10. The van der Waals surface area contributed by atoms with Crippen molar-refractivity contribution in [1.82, 2.24) is 0 Å². The van der Waals surface area contributed by atoms with Crippen LogP contribution in [0.1, 0.15) is 16.1 Å². The quantitative estimate of drug-likeness (QED) is 0.656. The molecule has 0 aliphatic carbocycles. The predicted octanol–water partition coefficient (Wildman–Crippen LogP) is 2.47. The van der Waals surface area contributed by atoms with E-state index in [0.29, 0.717) is 0 Å². The summed E-state index contributed by atoms with van der Waals surface area (Å²) in [6, 6.07) is 8.73. The zero-order valence-corrected chi connectivity index (χ0v) is 9.61. The van der Waals surface area contributed by atoms with Crippen LogP contribution in [-0.4, -0.2) is 16.0 Å². The molecule has 0 saturated heterocycles. The number of furan rings is 1. The molecule has 0 radical (unpaired) electrons. The number of carboxylic acid groups (broad SMARTS) is 1. The zero-order chi connectivity index (χ0) is 13.8. The molecule has 0 bridgehead atoms. The summed E-state index contributed by atoms with van der Waals surface area (Å²) in [6.07, 6.45) is 0. The van der Waals surface area contributed by atoms with Crippen LogP contribution < -0.4 is 4.74 Å². The first-order chi connectivity index (χ1) is 9.08. The van der Waals surface area contributed by atoms with E-state index in [9.17, 15) is 14.9 Å². The Morgan fingerprint density at radius 2 is 2.05 bits per heavy atom. The number of nitro groups is 1. The minimum atomic E-state index is -1.11. The lowest BCUT2D eigenvalue weighted by Gasteiger charge is -2.06. The molecule has 1 aromatic heterocycles. The predicted molar refractivity (Wildman–Crippen MR) is 63.1 cm³/mol. The Hall–Kier alpha value is -2.83. The van der Waals surface area contributed by atoms with Crippen molar-refractivity contribution < 1.29 is 24.0 Å². The van der Waals surface area contributed by atoms with Crippen LogP contribution in [0.4, 0.5) is 5.88 Å². The molecule has 2 aromatic rings. The largest absolute Gasteiger partial charge is 0.485 e. The molecule has 1 aromatic carbocycles. The summed E-state index contributed by atoms with van der Waals surface area (Å²) in [6.45, 7) is -0.0852. The van der Waals surface area contributed by atoms with E-state index in [1.165, 1.54) is 24.3 Å². The second-order valence-corrected chi connectivity index (χ2v) is 3.59. The van der Waals surface area contributed by atoms with Crippen LogP contribution in [0.3, 0.4) is 0 Å². The SMILES string of the molecule is O=C(O)c1ccccc1OCc1ccc([N+](=O)[O-])o1. The van der Waals surface area contributed by atoms with Gasteiger partial charge in [-0.15, -0.1) is 0 Å². The highest BCUT2D eigenvalue weighted by Gasteiger charge is 2.14. The molecule has 1 N–H and O–H groups in total. The maximum atomic E-state index is 10.9. The maximum absolute atomic E-state index is 10.9. The Labute approximate surface area is 107 Å². The number of nitrogens with zero attached hydrogens (tertiary/aromatic N) is 1. The molecule has 0 amide bonds. The van der Waals surface area contributed by atoms with E-state index in [2.05, 4.69) is 0 Å². The molecule has 0 unspecified atom stereocenters. The summed E-state index contributed by atoms with van der Waals surface area (Å²) in [4.78, 5) is 20.7. The van der Waals surface area contributed by atoms with Gasteiger partial charge in [0.2, 0.25) is 0 Å². The molecular weight excluding hydrogens is 254 g/mol. The van der Waals surface area contributed by atoms with E-state index in [4.69, 9.17) is 14.3 Å². The van der Waals surface area contributed by atoms with Gasteiger partial charge in [0.05, 0.1) is 6.07 Å². The van der Waals surface area contributed by atoms with Crippen molar-refractivity contribution in [3.63, 3.8) is 0 Å². The summed E-state index contributed by atoms with van der Waals surface area (Å²) in [5.41, 5.74) is 0.0172. The van der Waals surface area contributed by atoms with Crippen molar-refractivity contribution in [2.24, 2.45) is 0 Å². The zero-order valence-electron chi connectivity index (χ0n) is 9.61. The van der Waals surface area contributed by atoms with Crippen molar-refractivity contribution >= 4 is 11.9 Å². The fraction of sp³-hybridized carbons (Fsp3) is 0.0833. The van der Waals surface area contributed by atoms with Gasteiger partial charge in [0.15, 0.2) is 0 Å². The summed E-state index contributed by atoms with van der Waals surface area (Å²) in [7, 11) is 0. The smallest absolute Gasteiger partial charge is 0.433 e. The average Bonchev–Trinajstić information content (AvgIpc) is 2.85. The van der Waals surface area contributed by atoms with Crippen LogP contribution in [0.15, 0.2) is 40.8 Å². The van der Waals surface area contributed by atoms with Gasteiger partial charge in [0.1, 0.15) is 28.6 Å². The van der Waals surface area contributed by atoms with E-state index in [1.807, 2.05) is 0 Å². The van der Waals surface area contributed by atoms with Gasteiger partial charge >= 0.3 is 11.9 Å². The van der Waals surface area contributed by atoms with E-state index in [1.54, 1.807) is 12.1 Å². The number of hydrogen-bond donors (Lipinski definition) is 1. The normalized spacial score (nSPS) is 10.1. The summed E-state index contributed by atoms with van der Waals surface area (Å²) < 4.78 is 10.2. The minimum absolute atomic E-state index is 0.0172. The van der Waals surface area contributed by atoms with E-state index >= 15 is 0 Å². The summed E-state index contributed by atoms with van der Waals surface area (Å²) in [5, 5.41) is 19.4. The fourth-order valence-electron chi connectivity index (χ4n) is 1.46. The third-order valence-corrected chi connectivity index (χ3v) is 2.31. The van der Waals surface area contributed by atoms with Crippen molar-refractivity contribution in [1.29, 1.82) is 0 Å². The second kappa shape index (κ2) is 5.21. The van der Waals surface area contributed by atoms with Crippen LogP contribution >= 0.6 is 0 Å². The van der Waals surface area contributed by atoms with Gasteiger partial charge in [-0.25, -0.2) is 4.79 Å². The van der Waals surface area contributed by atoms with Crippen LogP contribution in [0.5, 0.6) is 5.75 Å². The van der Waals surface area contributed by atoms with E-state index < -0.39 is 10.9 Å². The number of aromatic carboxylic acids is 1. The molecule has 0 atom stereocenters. The molecule has 1 heterocycles. The standard InChI is InChI=1S/C12H9NO6/c14-12(15)9-3-1-2-4-10(9)18-7-8-5-6-11(19-8)13(16)17/h1-6H,7H2,(H,14,15). The van der Waals surface area contributed by atoms with Gasteiger partial charge in [-0.1, -0.05) is 12.1 Å². The number of carboxylic acids is 1. The lowest BCUT2D eigenvalue weighted by Crippen LogP contribution is -2.02. The van der Waals surface area contributed by atoms with Crippen molar-refractivity contribution in [3.8, 4) is 5.75 Å². The van der Waals surface area contributed by atoms with Crippen LogP contribution in [-0.2, 0) is 6.61 Å². The maximum Gasteiger partial charge on any atom is 0.433 e. The van der Waals surface area contributed by atoms with E-state index in [0.717, 1.165) is 0 Å². The fourth-order valence-corrected chi connectivity index (χ4v) is 1.46. The molecule has 2 rings (SSSR count). The molecular formula is C12H9NO6. The van der Waals surface area contributed by atoms with Crippen molar-refractivity contribution in [2.45, 2.75) is 6.61 Å². The van der Waals surface area contributed by atoms with Crippen LogP contribution in [0.2, 0.25) is 0 Å². The van der Waals surface area contributed by atoms with Crippen LogP contribution in [0, 0.1) is 10.1 Å². The third kappa shape index (κ3) is 2.89. The minimum Gasteiger partial charge on any atom is -0.485 e. The number of carbonyl (C=O) groups is 1. The average molecular weight is 263 g/mol. The van der Waals surface area contributed by atoms with Crippen LogP contribution in [0.25, 0.3) is 0 Å². The number of para-hydroxylation sites is 1. The topological polar surface area (TPSA) is 103 Å². The van der Waals surface area contributed by atoms with Crippen molar-refractivity contribution in [3.05, 3.63) is 57.8 Å². The summed E-state index contributed by atoms with van der Waals surface area (Å²) in [5.74, 6) is -1.08. The highest BCUT2D eigenvalue weighted by molar-refractivity contribution is 5.90. The van der Waals surface area contributed by atoms with E-state index in [-0.39, 0.29) is 29.6 Å². The first kappa shape index (κ1) is 12.6. The lowest BCUT2D eigenvalue weighted by atomic mass is 10.2. The molecule has 98 valence electrons. The molecule has 0 fully saturated rings. The number of ether oxygens (including phenoxy) is 1. The molecule has 7 nitrogen and oxygen atoms in total. The lowest BCUT2D eigenvalue weighted by molar-refractivity contribution is -0.402. The number of hydrogen-bond acceptors (Lipinski definition) is 5. The van der Waals surface area contributed by atoms with Gasteiger partial charge in [0.25, 0.3) is 0 Å². The molecule has 7 heteroatoms. The Morgan fingerprint density at radius 1 is 1.32 bits per heavy atom. The highest BCUT2D eigenvalue weighted by Crippen LogP contribution is 2.21. The van der Waals surface area contributed by atoms with Gasteiger partial charge in [-0.05, 0) is 18.2 Å². The van der Waals surface area contributed by atoms with Gasteiger partial charge in [-0.3, -0.25) is 10.1 Å². The van der Waals surface area contributed by atoms with Crippen molar-refractivity contribution in [2.75, 3.05) is 0 Å². The first-order valence-corrected chi connectivity index (χ1v) is 5.26. The monoisotopic (exact) mass is 263 g/mol. The number of benzene rings is 1. The van der Waals surface area contributed by atoms with Gasteiger partial charge in [-0.2, -0.15) is 0 Å². The number of rotatable bonds is 5. The first-order valence-electron chi connectivity index (χ1n) is 5.26. The van der Waals surface area contributed by atoms with Gasteiger partial charge in [0, 0.05) is 0 Å². The Kier molecular flexibility index (Phi) is 3.46. The second-order valence-electron chi connectivity index (χ2n) is 3.59. The third-order valence-electron chi connectivity index (χ3n) is 2.31. The summed E-state index contributed by atoms with van der Waals surface area (Å²) >= 11 is 0. The molecule has 0 aliphatic heterocycles. The Morgan fingerprint density at radius 3 is 2.68 bits per heavy atom. The Bertz CT molecular complexity index is 618. The van der Waals surface area contributed by atoms with Gasteiger partial charge < -0.3 is 14.3 Å². The highest BCUT2D eigenvalue weighted by atomic mass is 16.6. The molecule has 19 heavy (non-hydrogen) atoms. The molecule has 0 spiro atoms.